The number of aromatic nitrogens is 4. The van der Waals surface area contributed by atoms with Gasteiger partial charge in [-0.15, -0.1) is 11.3 Å². The Hall–Kier alpha value is -2.62. The second-order valence-corrected chi connectivity index (χ2v) is 7.62. The number of nitrogens with zero attached hydrogens (tertiary/aromatic N) is 4. The maximum Gasteiger partial charge on any atom is 0.253 e. The first-order valence-electron chi connectivity index (χ1n) is 9.84. The van der Waals surface area contributed by atoms with Crippen molar-refractivity contribution < 1.29 is 14.3 Å². The molecule has 1 amide bonds. The minimum atomic E-state index is -0.0836. The van der Waals surface area contributed by atoms with Crippen LogP contribution in [0, 0.1) is 6.92 Å². The molecule has 0 fully saturated rings. The minimum absolute atomic E-state index is 0.0836. The summed E-state index contributed by atoms with van der Waals surface area (Å²) in [6.07, 6.45) is 6.61. The molecule has 0 unspecified atom stereocenters. The molecule has 3 aromatic rings. The van der Waals surface area contributed by atoms with Crippen molar-refractivity contribution in [1.29, 1.82) is 0 Å². The Bertz CT molecular complexity index is 955. The van der Waals surface area contributed by atoms with E-state index in [1.54, 1.807) is 32.8 Å². The number of amides is 1. The Kier molecular flexibility index (Phi) is 8.06. The Morgan fingerprint density at radius 3 is 2.70 bits per heavy atom. The van der Waals surface area contributed by atoms with Crippen molar-refractivity contribution in [3.05, 3.63) is 41.3 Å². The van der Waals surface area contributed by atoms with Gasteiger partial charge in [0, 0.05) is 64.0 Å². The predicted molar refractivity (Wildman–Crippen MR) is 117 cm³/mol. The van der Waals surface area contributed by atoms with Crippen LogP contribution in [0.15, 0.2) is 30.0 Å². The molecule has 0 bridgehead atoms. The molecule has 0 radical (unpaired) electrons. The van der Waals surface area contributed by atoms with E-state index in [4.69, 9.17) is 14.5 Å². The van der Waals surface area contributed by atoms with Crippen molar-refractivity contribution in [2.45, 2.75) is 26.3 Å². The van der Waals surface area contributed by atoms with Crippen molar-refractivity contribution in [2.24, 2.45) is 0 Å². The van der Waals surface area contributed by atoms with Gasteiger partial charge in [-0.2, -0.15) is 0 Å². The largest absolute Gasteiger partial charge is 0.385 e. The third-order valence-corrected chi connectivity index (χ3v) is 5.57. The van der Waals surface area contributed by atoms with Crippen LogP contribution in [0.1, 0.15) is 28.9 Å². The van der Waals surface area contributed by atoms with E-state index in [2.05, 4.69) is 19.9 Å². The molecule has 9 heteroatoms. The summed E-state index contributed by atoms with van der Waals surface area (Å²) in [5.41, 5.74) is 4.05. The Labute approximate surface area is 180 Å². The maximum atomic E-state index is 12.8. The molecule has 0 saturated heterocycles. The van der Waals surface area contributed by atoms with Crippen molar-refractivity contribution in [3.63, 3.8) is 0 Å². The topological polar surface area (TPSA) is 91.2 Å². The summed E-state index contributed by atoms with van der Waals surface area (Å²) in [5.74, 6) is -0.0836. The van der Waals surface area contributed by atoms with Crippen LogP contribution in [-0.2, 0) is 16.0 Å². The molecule has 0 saturated carbocycles. The van der Waals surface area contributed by atoms with Crippen molar-refractivity contribution in [3.8, 4) is 22.1 Å². The van der Waals surface area contributed by atoms with E-state index in [0.717, 1.165) is 47.2 Å². The van der Waals surface area contributed by atoms with Gasteiger partial charge in [-0.3, -0.25) is 14.8 Å². The molecule has 3 rings (SSSR count). The number of nitrogens with one attached hydrogen (secondary N) is 1. The Balaban J connectivity index is 1.88. The van der Waals surface area contributed by atoms with Crippen LogP contribution < -0.4 is 5.32 Å². The van der Waals surface area contributed by atoms with Crippen LogP contribution >= 0.6 is 11.3 Å². The van der Waals surface area contributed by atoms with Crippen molar-refractivity contribution in [2.75, 3.05) is 34.0 Å². The van der Waals surface area contributed by atoms with Crippen molar-refractivity contribution >= 4 is 17.2 Å². The number of hydrogen-bond donors (Lipinski definition) is 1. The van der Waals surface area contributed by atoms with Crippen LogP contribution in [0.3, 0.4) is 0 Å². The van der Waals surface area contributed by atoms with Crippen molar-refractivity contribution in [1.82, 2.24) is 24.8 Å². The maximum absolute atomic E-state index is 12.8. The molecule has 0 spiro atoms. The fourth-order valence-electron chi connectivity index (χ4n) is 3.17. The highest BCUT2D eigenvalue weighted by Crippen LogP contribution is 2.30. The smallest absolute Gasteiger partial charge is 0.253 e. The monoisotopic (exact) mass is 429 g/mol. The highest BCUT2D eigenvalue weighted by atomic mass is 32.1. The first-order chi connectivity index (χ1) is 14.7. The molecule has 160 valence electrons. The van der Waals surface area contributed by atoms with Gasteiger partial charge in [0.25, 0.3) is 5.91 Å². The number of rotatable bonds is 11. The van der Waals surface area contributed by atoms with E-state index >= 15 is 0 Å². The van der Waals surface area contributed by atoms with Crippen LogP contribution in [0.5, 0.6) is 0 Å². The van der Waals surface area contributed by atoms with Gasteiger partial charge in [0.05, 0.1) is 23.1 Å². The lowest BCUT2D eigenvalue weighted by atomic mass is 10.2. The minimum Gasteiger partial charge on any atom is -0.385 e. The third-order valence-electron chi connectivity index (χ3n) is 4.70. The molecule has 8 nitrogen and oxygen atoms in total. The van der Waals surface area contributed by atoms with E-state index in [0.29, 0.717) is 25.3 Å². The molecule has 0 atom stereocenters. The molecule has 30 heavy (non-hydrogen) atoms. The lowest BCUT2D eigenvalue weighted by molar-refractivity contribution is 0.0948. The van der Waals surface area contributed by atoms with Crippen LogP contribution in [0.25, 0.3) is 22.1 Å². The zero-order valence-corrected chi connectivity index (χ0v) is 18.4. The zero-order valence-electron chi connectivity index (χ0n) is 17.6. The van der Waals surface area contributed by atoms with E-state index < -0.39 is 0 Å². The lowest BCUT2D eigenvalue weighted by Crippen LogP contribution is -2.25. The zero-order chi connectivity index (χ0) is 21.3. The van der Waals surface area contributed by atoms with Gasteiger partial charge in [-0.1, -0.05) is 0 Å². The number of thiazole rings is 1. The Morgan fingerprint density at radius 2 is 1.97 bits per heavy atom. The highest BCUT2D eigenvalue weighted by Gasteiger charge is 2.20. The average Bonchev–Trinajstić information content (AvgIpc) is 3.37. The van der Waals surface area contributed by atoms with Gasteiger partial charge in [0.1, 0.15) is 10.7 Å². The highest BCUT2D eigenvalue weighted by molar-refractivity contribution is 7.13. The first-order valence-corrected chi connectivity index (χ1v) is 10.7. The van der Waals surface area contributed by atoms with E-state index in [-0.39, 0.29) is 5.91 Å². The summed E-state index contributed by atoms with van der Waals surface area (Å²) in [6.45, 7) is 4.55. The molecule has 0 aliphatic heterocycles. The molecular formula is C21H27N5O3S. The van der Waals surface area contributed by atoms with Gasteiger partial charge in [-0.05, 0) is 25.8 Å². The summed E-state index contributed by atoms with van der Waals surface area (Å²) in [6, 6.07) is 1.92. The number of hydrogen-bond acceptors (Lipinski definition) is 7. The summed E-state index contributed by atoms with van der Waals surface area (Å²) in [4.78, 5) is 26.0. The van der Waals surface area contributed by atoms with E-state index in [1.165, 1.54) is 11.3 Å². The predicted octanol–water partition coefficient (Wildman–Crippen LogP) is 3.18. The third kappa shape index (κ3) is 5.29. The Morgan fingerprint density at radius 1 is 1.17 bits per heavy atom. The number of carbonyl (C=O) groups is 1. The summed E-state index contributed by atoms with van der Waals surface area (Å²) in [5, 5.41) is 5.76. The fourth-order valence-corrected chi connectivity index (χ4v) is 3.95. The molecule has 0 aliphatic carbocycles. The van der Waals surface area contributed by atoms with Gasteiger partial charge >= 0.3 is 0 Å². The SMILES string of the molecule is COCCCNC(=O)c1cc(-c2csc(-c3cnccn3)n2)n(CCCOC)c1C. The average molecular weight is 430 g/mol. The number of carbonyl (C=O) groups excluding carboxylic acids is 1. The summed E-state index contributed by atoms with van der Waals surface area (Å²) in [7, 11) is 3.34. The van der Waals surface area contributed by atoms with Crippen LogP contribution in [-0.4, -0.2) is 59.4 Å². The standard InChI is InChI=1S/C21H27N5O3S/c1-15-16(20(27)24-6-4-10-28-2)12-19(26(15)9-5-11-29-3)18-14-30-21(25-18)17-13-22-7-8-23-17/h7-8,12-14H,4-6,9-11H2,1-3H3,(H,24,27). The number of ether oxygens (including phenoxy) is 2. The molecule has 0 aromatic carbocycles. The van der Waals surface area contributed by atoms with Gasteiger partial charge in [0.15, 0.2) is 0 Å². The lowest BCUT2D eigenvalue weighted by Gasteiger charge is -2.11. The van der Waals surface area contributed by atoms with Gasteiger partial charge in [0.2, 0.25) is 0 Å². The van der Waals surface area contributed by atoms with Gasteiger partial charge in [-0.25, -0.2) is 4.98 Å². The second kappa shape index (κ2) is 11.0. The molecule has 0 aliphatic rings. The van der Waals surface area contributed by atoms with E-state index in [9.17, 15) is 4.79 Å². The normalized spacial score (nSPS) is 11.0. The van der Waals surface area contributed by atoms with Gasteiger partial charge < -0.3 is 19.4 Å². The fraction of sp³-hybridized carbons (Fsp3) is 0.429. The molecular weight excluding hydrogens is 402 g/mol. The first kappa shape index (κ1) is 22.1. The van der Waals surface area contributed by atoms with E-state index in [1.807, 2.05) is 18.4 Å². The molecule has 3 heterocycles. The summed E-state index contributed by atoms with van der Waals surface area (Å²) >= 11 is 1.51. The molecule has 1 N–H and O–H groups in total. The van der Waals surface area contributed by atoms with Crippen LogP contribution in [0.2, 0.25) is 0 Å². The quantitative estimate of drug-likeness (QED) is 0.471. The summed E-state index contributed by atoms with van der Waals surface area (Å²) < 4.78 is 12.4. The second-order valence-electron chi connectivity index (χ2n) is 6.76. The molecule has 3 aromatic heterocycles. The van der Waals surface area contributed by atoms with Crippen LogP contribution in [0.4, 0.5) is 0 Å². The number of methoxy groups -OCH3 is 2.